The number of carbonyl (C=O) groups excluding carboxylic acids is 2. The summed E-state index contributed by atoms with van der Waals surface area (Å²) < 4.78 is 34.7. The van der Waals surface area contributed by atoms with E-state index in [1.807, 2.05) is 30.3 Å². The first kappa shape index (κ1) is 21.0. The summed E-state index contributed by atoms with van der Waals surface area (Å²) in [6.45, 7) is 2.24. The quantitative estimate of drug-likeness (QED) is 0.587. The minimum atomic E-state index is -2.88. The van der Waals surface area contributed by atoms with Crippen molar-refractivity contribution in [1.82, 2.24) is 10.2 Å². The lowest BCUT2D eigenvalue weighted by molar-refractivity contribution is -0.134. The maximum atomic E-state index is 12.4. The Hall–Kier alpha value is -2.91. The van der Waals surface area contributed by atoms with Crippen LogP contribution in [-0.4, -0.2) is 62.9 Å². The average molecular weight is 457 g/mol. The number of rotatable bonds is 5. The van der Waals surface area contributed by atoms with Crippen molar-refractivity contribution in [1.29, 1.82) is 0 Å². The van der Waals surface area contributed by atoms with Crippen molar-refractivity contribution in [3.8, 4) is 5.75 Å². The van der Waals surface area contributed by atoms with Crippen LogP contribution in [0, 0.1) is 0 Å². The molecule has 3 heterocycles. The van der Waals surface area contributed by atoms with Gasteiger partial charge < -0.3 is 9.15 Å². The van der Waals surface area contributed by atoms with E-state index >= 15 is 0 Å². The van der Waals surface area contributed by atoms with Crippen molar-refractivity contribution in [2.75, 3.05) is 37.7 Å². The van der Waals surface area contributed by atoms with Gasteiger partial charge in [0.25, 0.3) is 0 Å². The normalized spacial score (nSPS) is 21.7. The fourth-order valence-electron chi connectivity index (χ4n) is 4.47. The molecular weight excluding hydrogens is 432 g/mol. The van der Waals surface area contributed by atoms with E-state index in [2.05, 4.69) is 10.2 Å². The largest absolute Gasteiger partial charge is 0.492 e. The van der Waals surface area contributed by atoms with Crippen molar-refractivity contribution in [3.63, 3.8) is 0 Å². The Morgan fingerprint density at radius 2 is 1.94 bits per heavy atom. The summed E-state index contributed by atoms with van der Waals surface area (Å²) in [5.74, 6) is 0.206. The summed E-state index contributed by atoms with van der Waals surface area (Å²) in [7, 11) is -2.88. The van der Waals surface area contributed by atoms with E-state index in [1.165, 1.54) is 0 Å². The molecule has 1 atom stereocenters. The van der Waals surface area contributed by atoms with Gasteiger partial charge in [-0.25, -0.2) is 8.42 Å². The van der Waals surface area contributed by atoms with Gasteiger partial charge in [-0.3, -0.25) is 19.8 Å². The van der Waals surface area contributed by atoms with Crippen LogP contribution in [0.3, 0.4) is 0 Å². The van der Waals surface area contributed by atoms with E-state index in [4.69, 9.17) is 9.15 Å². The number of amides is 2. The molecule has 1 N–H and O–H groups in total. The number of imide groups is 1. The fourth-order valence-corrected chi connectivity index (χ4v) is 5.75. The number of hydrogen-bond acceptors (Lipinski definition) is 7. The number of hydrogen-bond donors (Lipinski definition) is 1. The smallest absolute Gasteiger partial charge is 0.234 e. The summed E-state index contributed by atoms with van der Waals surface area (Å²) in [4.78, 5) is 26.0. The van der Waals surface area contributed by atoms with Crippen LogP contribution in [0.25, 0.3) is 21.7 Å². The molecule has 0 radical (unpaired) electrons. The van der Waals surface area contributed by atoms with Crippen LogP contribution in [0.1, 0.15) is 24.3 Å². The van der Waals surface area contributed by atoms with Crippen LogP contribution in [0.5, 0.6) is 5.75 Å². The molecule has 5 rings (SSSR count). The summed E-state index contributed by atoms with van der Waals surface area (Å²) >= 11 is 0. The van der Waals surface area contributed by atoms with E-state index in [0.29, 0.717) is 44.7 Å². The first-order chi connectivity index (χ1) is 15.4. The van der Waals surface area contributed by atoms with Crippen LogP contribution in [0.4, 0.5) is 0 Å². The van der Waals surface area contributed by atoms with Crippen LogP contribution >= 0.6 is 0 Å². The van der Waals surface area contributed by atoms with E-state index in [9.17, 15) is 18.0 Å². The predicted octanol–water partition coefficient (Wildman–Crippen LogP) is 2.22. The fraction of sp³-hybridized carbons (Fsp3) is 0.391. The monoisotopic (exact) mass is 456 g/mol. The summed E-state index contributed by atoms with van der Waals surface area (Å²) in [6.07, 6.45) is 2.40. The number of furan rings is 1. The molecular formula is C23H24N2O6S. The topological polar surface area (TPSA) is 106 Å². The van der Waals surface area contributed by atoms with Gasteiger partial charge in [0.1, 0.15) is 17.9 Å². The third kappa shape index (κ3) is 4.10. The second kappa shape index (κ2) is 8.22. The Balaban J connectivity index is 1.34. The Morgan fingerprint density at radius 1 is 1.12 bits per heavy atom. The van der Waals surface area contributed by atoms with Crippen molar-refractivity contribution < 1.29 is 27.2 Å². The molecule has 9 heteroatoms. The average Bonchev–Trinajstić information content (AvgIpc) is 3.19. The van der Waals surface area contributed by atoms with E-state index in [0.717, 1.165) is 27.5 Å². The maximum Gasteiger partial charge on any atom is 0.234 e. The molecule has 0 bridgehead atoms. The molecule has 0 spiro atoms. The standard InChI is InChI=1S/C23H24N2O6S/c26-21-6-4-18(23(27)24-21)19-14-31-20-5-1-15-13-16(2-3-17(15)22(19)20)30-10-7-25-8-11-32(28,29)12-9-25/h1-3,5,13-14,18H,4,6-12H2,(H,24,26,27)/t18-/m0/s1. The van der Waals surface area contributed by atoms with Crippen molar-refractivity contribution in [2.45, 2.75) is 18.8 Å². The zero-order valence-electron chi connectivity index (χ0n) is 17.5. The number of fused-ring (bicyclic) bond motifs is 3. The molecule has 2 aliphatic rings. The van der Waals surface area contributed by atoms with Gasteiger partial charge in [0.05, 0.1) is 23.7 Å². The first-order valence-electron chi connectivity index (χ1n) is 10.7. The number of carbonyl (C=O) groups is 2. The maximum absolute atomic E-state index is 12.4. The third-order valence-electron chi connectivity index (χ3n) is 6.28. The molecule has 32 heavy (non-hydrogen) atoms. The third-order valence-corrected chi connectivity index (χ3v) is 7.89. The van der Waals surface area contributed by atoms with Crippen LogP contribution < -0.4 is 10.1 Å². The van der Waals surface area contributed by atoms with Gasteiger partial charge in [-0.05, 0) is 41.5 Å². The lowest BCUT2D eigenvalue weighted by Crippen LogP contribution is -2.42. The number of nitrogens with zero attached hydrogens (tertiary/aromatic N) is 1. The van der Waals surface area contributed by atoms with Crippen molar-refractivity contribution >= 4 is 43.4 Å². The second-order valence-electron chi connectivity index (χ2n) is 8.36. The molecule has 0 aliphatic carbocycles. The Bertz CT molecular complexity index is 1300. The molecule has 2 saturated heterocycles. The van der Waals surface area contributed by atoms with Gasteiger partial charge in [-0.1, -0.05) is 6.07 Å². The molecule has 2 amide bonds. The summed E-state index contributed by atoms with van der Waals surface area (Å²) in [6, 6.07) is 9.65. The van der Waals surface area contributed by atoms with Crippen LogP contribution in [0.2, 0.25) is 0 Å². The SMILES string of the molecule is O=C1CC[C@@H](c2coc3ccc4cc(OCCN5CCS(=O)(=O)CC5)ccc4c23)C(=O)N1. The molecule has 0 saturated carbocycles. The minimum absolute atomic E-state index is 0.208. The van der Waals surface area contributed by atoms with E-state index < -0.39 is 15.8 Å². The number of ether oxygens (including phenoxy) is 1. The predicted molar refractivity (Wildman–Crippen MR) is 119 cm³/mol. The van der Waals surface area contributed by atoms with Gasteiger partial charge in [0.2, 0.25) is 11.8 Å². The molecule has 168 valence electrons. The van der Waals surface area contributed by atoms with Gasteiger partial charge in [-0.2, -0.15) is 0 Å². The molecule has 2 aliphatic heterocycles. The molecule has 2 aromatic carbocycles. The highest BCUT2D eigenvalue weighted by Gasteiger charge is 2.31. The lowest BCUT2D eigenvalue weighted by atomic mass is 9.89. The molecule has 1 aromatic heterocycles. The highest BCUT2D eigenvalue weighted by molar-refractivity contribution is 7.91. The Labute approximate surface area is 185 Å². The first-order valence-corrected chi connectivity index (χ1v) is 12.5. The van der Waals surface area contributed by atoms with Gasteiger partial charge >= 0.3 is 0 Å². The number of benzene rings is 2. The van der Waals surface area contributed by atoms with Gasteiger partial charge in [-0.15, -0.1) is 0 Å². The number of sulfone groups is 1. The van der Waals surface area contributed by atoms with Crippen LogP contribution in [0.15, 0.2) is 41.0 Å². The van der Waals surface area contributed by atoms with Crippen LogP contribution in [-0.2, 0) is 19.4 Å². The summed E-state index contributed by atoms with van der Waals surface area (Å²) in [5.41, 5.74) is 1.50. The zero-order valence-corrected chi connectivity index (χ0v) is 18.3. The second-order valence-corrected chi connectivity index (χ2v) is 10.7. The number of nitrogens with one attached hydrogen (secondary N) is 1. The molecule has 8 nitrogen and oxygen atoms in total. The molecule has 3 aromatic rings. The Kier molecular flexibility index (Phi) is 5.38. The van der Waals surface area contributed by atoms with E-state index in [1.54, 1.807) is 6.26 Å². The van der Waals surface area contributed by atoms with E-state index in [-0.39, 0.29) is 23.3 Å². The highest BCUT2D eigenvalue weighted by atomic mass is 32.2. The minimum Gasteiger partial charge on any atom is -0.492 e. The zero-order chi connectivity index (χ0) is 22.3. The van der Waals surface area contributed by atoms with Gasteiger partial charge in [0, 0.05) is 37.0 Å². The lowest BCUT2D eigenvalue weighted by Gasteiger charge is -2.26. The number of piperidine rings is 1. The van der Waals surface area contributed by atoms with Crippen molar-refractivity contribution in [2.24, 2.45) is 0 Å². The molecule has 0 unspecified atom stereocenters. The summed E-state index contributed by atoms with van der Waals surface area (Å²) in [5, 5.41) is 5.23. The highest BCUT2D eigenvalue weighted by Crippen LogP contribution is 2.37. The van der Waals surface area contributed by atoms with Gasteiger partial charge in [0.15, 0.2) is 9.84 Å². The Morgan fingerprint density at radius 3 is 2.72 bits per heavy atom. The molecule has 2 fully saturated rings. The van der Waals surface area contributed by atoms with Crippen molar-refractivity contribution in [3.05, 3.63) is 42.2 Å².